The van der Waals surface area contributed by atoms with Crippen LogP contribution in [0, 0.1) is 0 Å². The van der Waals surface area contributed by atoms with E-state index in [2.05, 4.69) is 6.92 Å². The molecule has 0 aromatic heterocycles. The summed E-state index contributed by atoms with van der Waals surface area (Å²) in [5.41, 5.74) is 0. The van der Waals surface area contributed by atoms with Crippen molar-refractivity contribution in [2.45, 2.75) is 103 Å². The molecule has 0 heterocycles. The second kappa shape index (κ2) is 19.4. The van der Waals surface area contributed by atoms with Gasteiger partial charge in [-0.05, 0) is 6.42 Å². The number of carbonyl (C=O) groups excluding carboxylic acids is 1. The zero-order chi connectivity index (χ0) is 20.2. The summed E-state index contributed by atoms with van der Waals surface area (Å²) in [4.78, 5) is 12.0. The smallest absolute Gasteiger partial charge is 0.377 e. The second-order valence-corrected chi connectivity index (χ2v) is 11.5. The molecule has 4 nitrogen and oxygen atoms in total. The maximum atomic E-state index is 12.0. The van der Waals surface area contributed by atoms with Crippen molar-refractivity contribution in [1.82, 2.24) is 0 Å². The maximum absolute atomic E-state index is 12.0. The molecule has 27 heavy (non-hydrogen) atoms. The van der Waals surface area contributed by atoms with Gasteiger partial charge in [0.2, 0.25) is 0 Å². The van der Waals surface area contributed by atoms with Crippen molar-refractivity contribution in [3.63, 3.8) is 0 Å². The van der Waals surface area contributed by atoms with Crippen LogP contribution in [-0.2, 0) is 18.1 Å². The highest BCUT2D eigenvalue weighted by Crippen LogP contribution is 2.19. The Balaban J connectivity index is 3.39. The first-order valence-electron chi connectivity index (χ1n) is 10.9. The first-order valence-corrected chi connectivity index (χ1v) is 13.9. The first-order chi connectivity index (χ1) is 13.1. The van der Waals surface area contributed by atoms with Crippen molar-refractivity contribution in [2.75, 3.05) is 27.1 Å². The molecule has 0 saturated carbocycles. The molecule has 0 unspecified atom stereocenters. The summed E-state index contributed by atoms with van der Waals surface area (Å²) in [6.07, 6.45) is 18.0. The van der Waals surface area contributed by atoms with Crippen molar-refractivity contribution < 1.29 is 18.1 Å². The Kier molecular flexibility index (Phi) is 19.5. The van der Waals surface area contributed by atoms with E-state index in [1.54, 1.807) is 21.3 Å². The van der Waals surface area contributed by atoms with Crippen LogP contribution in [0.1, 0.15) is 96.8 Å². The number of thioether (sulfide) groups is 1. The summed E-state index contributed by atoms with van der Waals surface area (Å²) in [6.45, 7) is 2.27. The molecule has 0 aliphatic rings. The molecule has 0 radical (unpaired) electrons. The fourth-order valence-electron chi connectivity index (χ4n) is 3.21. The molecule has 0 fully saturated rings. The maximum Gasteiger partial charge on any atom is 0.500 e. The van der Waals surface area contributed by atoms with Gasteiger partial charge in [-0.25, -0.2) is 0 Å². The third-order valence-corrected chi connectivity index (χ3v) is 9.11. The highest BCUT2D eigenvalue weighted by molar-refractivity contribution is 8.13. The van der Waals surface area contributed by atoms with E-state index in [0.29, 0.717) is 18.2 Å². The lowest BCUT2D eigenvalue weighted by Crippen LogP contribution is -2.43. The minimum Gasteiger partial charge on any atom is -0.377 e. The molecule has 0 aromatic rings. The molecular formula is C21H44O4SSi. The average Bonchev–Trinajstić information content (AvgIpc) is 2.69. The van der Waals surface area contributed by atoms with Crippen molar-refractivity contribution in [3.8, 4) is 0 Å². The number of rotatable bonds is 20. The summed E-state index contributed by atoms with van der Waals surface area (Å²) in [5, 5.41) is 0.282. The Morgan fingerprint density at radius 3 is 1.52 bits per heavy atom. The molecule has 0 spiro atoms. The Morgan fingerprint density at radius 1 is 0.704 bits per heavy atom. The van der Waals surface area contributed by atoms with Crippen molar-refractivity contribution >= 4 is 25.7 Å². The predicted octanol–water partition coefficient (Wildman–Crippen LogP) is 6.61. The van der Waals surface area contributed by atoms with Crippen molar-refractivity contribution in [1.29, 1.82) is 0 Å². The lowest BCUT2D eigenvalue weighted by Gasteiger charge is -2.23. The van der Waals surface area contributed by atoms with E-state index in [-0.39, 0.29) is 5.12 Å². The molecule has 0 aliphatic carbocycles. The summed E-state index contributed by atoms with van der Waals surface area (Å²) in [7, 11) is 2.30. The van der Waals surface area contributed by atoms with Crippen molar-refractivity contribution in [2.24, 2.45) is 0 Å². The number of hydrogen-bond donors (Lipinski definition) is 0. The molecule has 0 aliphatic heterocycles. The largest absolute Gasteiger partial charge is 0.500 e. The van der Waals surface area contributed by atoms with Gasteiger partial charge in [-0.15, -0.1) is 0 Å². The summed E-state index contributed by atoms with van der Waals surface area (Å²) < 4.78 is 16.1. The minimum absolute atomic E-state index is 0.282. The minimum atomic E-state index is -2.53. The van der Waals surface area contributed by atoms with Gasteiger partial charge in [-0.2, -0.15) is 0 Å². The van der Waals surface area contributed by atoms with Gasteiger partial charge in [-0.3, -0.25) is 4.79 Å². The molecular weight excluding hydrogens is 376 g/mol. The van der Waals surface area contributed by atoms with Gasteiger partial charge < -0.3 is 13.3 Å². The van der Waals surface area contributed by atoms with Gasteiger partial charge >= 0.3 is 8.80 Å². The van der Waals surface area contributed by atoms with Crippen LogP contribution in [0.3, 0.4) is 0 Å². The molecule has 0 atom stereocenters. The number of hydrogen-bond acceptors (Lipinski definition) is 5. The van der Waals surface area contributed by atoms with Crippen LogP contribution in [0.4, 0.5) is 0 Å². The van der Waals surface area contributed by atoms with Gasteiger partial charge in [0.05, 0.1) is 0 Å². The van der Waals surface area contributed by atoms with E-state index in [0.717, 1.165) is 6.42 Å². The quantitative estimate of drug-likeness (QED) is 0.164. The zero-order valence-corrected chi connectivity index (χ0v) is 20.2. The fourth-order valence-corrected chi connectivity index (χ4v) is 6.24. The van der Waals surface area contributed by atoms with Crippen LogP contribution in [-0.4, -0.2) is 41.0 Å². The van der Waals surface area contributed by atoms with E-state index >= 15 is 0 Å². The Bertz CT molecular complexity index is 330. The van der Waals surface area contributed by atoms with E-state index < -0.39 is 8.80 Å². The molecule has 0 N–H and O–H groups in total. The van der Waals surface area contributed by atoms with E-state index in [1.807, 2.05) is 0 Å². The standard InChI is InChI=1S/C21H44O4SSi/c1-5-6-7-8-9-10-11-12-13-14-15-16-17-18-21(22)26-19-20-27(23-2,24-3)25-4/h5-20H2,1-4H3. The van der Waals surface area contributed by atoms with Crippen LogP contribution in [0.15, 0.2) is 0 Å². The Labute approximate surface area is 173 Å². The van der Waals surface area contributed by atoms with E-state index in [4.69, 9.17) is 13.3 Å². The second-order valence-electron chi connectivity index (χ2n) is 7.26. The van der Waals surface area contributed by atoms with E-state index in [9.17, 15) is 4.79 Å². The summed E-state index contributed by atoms with van der Waals surface area (Å²) in [5.74, 6) is 0.707. The third-order valence-electron chi connectivity index (χ3n) is 5.09. The number of unbranched alkanes of at least 4 members (excludes halogenated alkanes) is 12. The summed E-state index contributed by atoms with van der Waals surface area (Å²) in [6, 6.07) is 0.672. The fraction of sp³-hybridized carbons (Fsp3) is 0.952. The van der Waals surface area contributed by atoms with E-state index in [1.165, 1.54) is 88.8 Å². The van der Waals surface area contributed by atoms with Gasteiger partial charge in [-0.1, -0.05) is 95.7 Å². The highest BCUT2D eigenvalue weighted by Gasteiger charge is 2.37. The molecule has 162 valence electrons. The molecule has 0 bridgehead atoms. The monoisotopic (exact) mass is 420 g/mol. The molecule has 0 saturated heterocycles. The lowest BCUT2D eigenvalue weighted by atomic mass is 10.0. The molecule has 6 heteroatoms. The Morgan fingerprint density at radius 2 is 1.11 bits per heavy atom. The van der Waals surface area contributed by atoms with Crippen LogP contribution in [0.25, 0.3) is 0 Å². The van der Waals surface area contributed by atoms with Gasteiger partial charge in [0.15, 0.2) is 5.12 Å². The van der Waals surface area contributed by atoms with Crippen LogP contribution in [0.5, 0.6) is 0 Å². The van der Waals surface area contributed by atoms with Gasteiger partial charge in [0, 0.05) is 39.5 Å². The summed E-state index contributed by atoms with van der Waals surface area (Å²) >= 11 is 1.39. The molecule has 0 rings (SSSR count). The normalized spacial score (nSPS) is 11.9. The third kappa shape index (κ3) is 15.7. The zero-order valence-electron chi connectivity index (χ0n) is 18.4. The topological polar surface area (TPSA) is 44.8 Å². The highest BCUT2D eigenvalue weighted by atomic mass is 32.2. The van der Waals surface area contributed by atoms with Crippen LogP contribution in [0.2, 0.25) is 6.04 Å². The van der Waals surface area contributed by atoms with Crippen molar-refractivity contribution in [3.05, 3.63) is 0 Å². The predicted molar refractivity (Wildman–Crippen MR) is 119 cm³/mol. The SMILES string of the molecule is CCCCCCCCCCCCCCCC(=O)SCC[Si](OC)(OC)OC. The number of carbonyl (C=O) groups is 1. The average molecular weight is 421 g/mol. The molecule has 0 amide bonds. The first kappa shape index (κ1) is 27.1. The van der Waals surface area contributed by atoms with Gasteiger partial charge in [0.1, 0.15) is 0 Å². The van der Waals surface area contributed by atoms with Gasteiger partial charge in [0.25, 0.3) is 0 Å². The van der Waals surface area contributed by atoms with Crippen LogP contribution < -0.4 is 0 Å². The van der Waals surface area contributed by atoms with Crippen LogP contribution >= 0.6 is 11.8 Å². The Hall–Kier alpha value is 0.117. The molecule has 0 aromatic carbocycles. The lowest BCUT2D eigenvalue weighted by molar-refractivity contribution is -0.111.